The van der Waals surface area contributed by atoms with Gasteiger partial charge in [0.2, 0.25) is 5.91 Å². The van der Waals surface area contributed by atoms with Crippen LogP contribution in [-0.2, 0) is 14.3 Å². The summed E-state index contributed by atoms with van der Waals surface area (Å²) in [5, 5.41) is 0. The summed E-state index contributed by atoms with van der Waals surface area (Å²) in [7, 11) is 1.38. The number of para-hydroxylation sites is 1. The summed E-state index contributed by atoms with van der Waals surface area (Å²) in [5.74, 6) is -0.245. The zero-order valence-corrected chi connectivity index (χ0v) is 14.7. The molecule has 0 aliphatic rings. The Kier molecular flexibility index (Phi) is 5.71. The number of nitrogens with zero attached hydrogens (tertiary/aromatic N) is 2. The second-order valence-corrected chi connectivity index (χ2v) is 6.78. The van der Waals surface area contributed by atoms with E-state index in [0.717, 1.165) is 10.2 Å². The highest BCUT2D eigenvalue weighted by atomic mass is 32.1. The van der Waals surface area contributed by atoms with Gasteiger partial charge in [-0.3, -0.25) is 4.79 Å². The van der Waals surface area contributed by atoms with Crippen LogP contribution in [0.15, 0.2) is 29.3 Å². The first-order valence-corrected chi connectivity index (χ1v) is 8.55. The van der Waals surface area contributed by atoms with Crippen molar-refractivity contribution in [2.75, 3.05) is 7.11 Å². The topological polar surface area (TPSA) is 60.7 Å². The number of esters is 1. The van der Waals surface area contributed by atoms with Crippen molar-refractivity contribution < 1.29 is 14.3 Å². The van der Waals surface area contributed by atoms with Gasteiger partial charge in [-0.1, -0.05) is 44.2 Å². The highest BCUT2D eigenvalue weighted by molar-refractivity contribution is 7.16. The molecule has 2 rings (SSSR count). The van der Waals surface area contributed by atoms with Gasteiger partial charge in [-0.05, 0) is 24.5 Å². The molecule has 0 aliphatic heterocycles. The zero-order chi connectivity index (χ0) is 17.0. The summed E-state index contributed by atoms with van der Waals surface area (Å²) >= 11 is 1.42. The van der Waals surface area contributed by atoms with Crippen molar-refractivity contribution in [1.29, 1.82) is 0 Å². The molecule has 23 heavy (non-hydrogen) atoms. The minimum Gasteiger partial charge on any atom is -0.467 e. The second kappa shape index (κ2) is 7.55. The number of aromatic nitrogens is 1. The van der Waals surface area contributed by atoms with E-state index in [1.54, 1.807) is 0 Å². The van der Waals surface area contributed by atoms with Gasteiger partial charge in [0, 0.05) is 6.42 Å². The lowest BCUT2D eigenvalue weighted by Crippen LogP contribution is -2.28. The smallest absolute Gasteiger partial charge is 0.328 e. The molecule has 0 saturated heterocycles. The van der Waals surface area contributed by atoms with E-state index >= 15 is 0 Å². The van der Waals surface area contributed by atoms with Gasteiger partial charge in [0.25, 0.3) is 0 Å². The molecule has 1 aromatic heterocycles. The minimum absolute atomic E-state index is 0.167. The Morgan fingerprint density at radius 1 is 1.30 bits per heavy atom. The van der Waals surface area contributed by atoms with Crippen LogP contribution < -0.4 is 4.80 Å². The molecule has 0 bridgehead atoms. The van der Waals surface area contributed by atoms with Crippen LogP contribution >= 0.6 is 11.3 Å². The van der Waals surface area contributed by atoms with Crippen LogP contribution in [0.5, 0.6) is 0 Å². The average Bonchev–Trinajstić information content (AvgIpc) is 2.85. The molecule has 1 amide bonds. The minimum atomic E-state index is -0.484. The summed E-state index contributed by atoms with van der Waals surface area (Å²) in [6.07, 6.45) is 0.961. The van der Waals surface area contributed by atoms with E-state index < -0.39 is 6.04 Å². The van der Waals surface area contributed by atoms with Crippen molar-refractivity contribution in [3.63, 3.8) is 0 Å². The maximum Gasteiger partial charge on any atom is 0.328 e. The number of rotatable bonds is 5. The Bertz CT molecular complexity index is 773. The van der Waals surface area contributed by atoms with Gasteiger partial charge in [-0.25, -0.2) is 4.79 Å². The van der Waals surface area contributed by atoms with Crippen molar-refractivity contribution in [3.05, 3.63) is 29.1 Å². The number of ether oxygens (including phenoxy) is 1. The van der Waals surface area contributed by atoms with Crippen molar-refractivity contribution in [2.45, 2.75) is 39.7 Å². The predicted octanol–water partition coefficient (Wildman–Crippen LogP) is 3.30. The van der Waals surface area contributed by atoms with E-state index in [2.05, 4.69) is 4.99 Å². The van der Waals surface area contributed by atoms with Gasteiger partial charge in [0.1, 0.15) is 6.04 Å². The zero-order valence-electron chi connectivity index (χ0n) is 13.9. The molecule has 6 heteroatoms. The number of methoxy groups -OCH3 is 1. The average molecular weight is 334 g/mol. The van der Waals surface area contributed by atoms with Crippen molar-refractivity contribution in [3.8, 4) is 0 Å². The van der Waals surface area contributed by atoms with Crippen LogP contribution in [0, 0.1) is 5.92 Å². The fraction of sp³-hybridized carbons (Fsp3) is 0.471. The number of carbonyl (C=O) groups is 2. The van der Waals surface area contributed by atoms with Crippen molar-refractivity contribution in [1.82, 2.24) is 4.57 Å². The monoisotopic (exact) mass is 334 g/mol. The Morgan fingerprint density at radius 2 is 2.00 bits per heavy atom. The highest BCUT2D eigenvalue weighted by Gasteiger charge is 2.23. The molecule has 0 N–H and O–H groups in total. The normalized spacial score (nSPS) is 13.5. The molecule has 124 valence electrons. The lowest BCUT2D eigenvalue weighted by Gasteiger charge is -2.15. The molecule has 1 unspecified atom stereocenters. The largest absolute Gasteiger partial charge is 0.467 e. The molecular weight excluding hydrogens is 312 g/mol. The molecule has 1 heterocycles. The highest BCUT2D eigenvalue weighted by Crippen LogP contribution is 2.23. The van der Waals surface area contributed by atoms with E-state index in [0.29, 0.717) is 17.6 Å². The number of thiazole rings is 1. The van der Waals surface area contributed by atoms with Gasteiger partial charge >= 0.3 is 5.97 Å². The summed E-state index contributed by atoms with van der Waals surface area (Å²) in [4.78, 5) is 29.1. The number of hydrogen-bond donors (Lipinski definition) is 0. The van der Waals surface area contributed by atoms with Gasteiger partial charge in [0.15, 0.2) is 4.80 Å². The molecule has 1 aromatic carbocycles. The molecular formula is C17H22N2O3S. The Hall–Kier alpha value is -1.95. The molecule has 0 spiro atoms. The van der Waals surface area contributed by atoms with E-state index in [9.17, 15) is 9.59 Å². The SMILES string of the molecule is CCC(C(=O)OC)n1c(=NC(=O)CC(C)C)sc2ccccc21. The molecule has 0 radical (unpaired) electrons. The Labute approximate surface area is 139 Å². The number of carbonyl (C=O) groups excluding carboxylic acids is 2. The molecule has 5 nitrogen and oxygen atoms in total. The van der Waals surface area contributed by atoms with Gasteiger partial charge in [0.05, 0.1) is 17.3 Å². The van der Waals surface area contributed by atoms with E-state index in [1.165, 1.54) is 18.4 Å². The summed E-state index contributed by atoms with van der Waals surface area (Å²) in [5.41, 5.74) is 0.894. The maximum absolute atomic E-state index is 12.1. The molecule has 1 atom stereocenters. The second-order valence-electron chi connectivity index (χ2n) is 5.77. The lowest BCUT2D eigenvalue weighted by molar-refractivity contribution is -0.144. The first-order valence-electron chi connectivity index (χ1n) is 7.73. The number of hydrogen-bond acceptors (Lipinski definition) is 4. The van der Waals surface area contributed by atoms with Crippen LogP contribution in [0.4, 0.5) is 0 Å². The van der Waals surface area contributed by atoms with Crippen LogP contribution in [0.2, 0.25) is 0 Å². The molecule has 2 aromatic rings. The van der Waals surface area contributed by atoms with Crippen molar-refractivity contribution >= 4 is 33.4 Å². The van der Waals surface area contributed by atoms with Crippen LogP contribution in [0.3, 0.4) is 0 Å². The van der Waals surface area contributed by atoms with Gasteiger partial charge in [-0.15, -0.1) is 0 Å². The van der Waals surface area contributed by atoms with E-state index in [4.69, 9.17) is 4.74 Å². The predicted molar refractivity (Wildman–Crippen MR) is 91.2 cm³/mol. The fourth-order valence-electron chi connectivity index (χ4n) is 2.46. The van der Waals surface area contributed by atoms with Crippen molar-refractivity contribution in [2.24, 2.45) is 10.9 Å². The Balaban J connectivity index is 2.64. The molecule has 0 fully saturated rings. The summed E-state index contributed by atoms with van der Waals surface area (Å²) < 4.78 is 7.73. The summed E-state index contributed by atoms with van der Waals surface area (Å²) in [6.45, 7) is 5.88. The van der Waals surface area contributed by atoms with Gasteiger partial charge in [-0.2, -0.15) is 4.99 Å². The quantitative estimate of drug-likeness (QED) is 0.788. The van der Waals surface area contributed by atoms with Gasteiger partial charge < -0.3 is 9.30 Å². The van der Waals surface area contributed by atoms with Crippen LogP contribution in [-0.4, -0.2) is 23.6 Å². The molecule has 0 saturated carbocycles. The lowest BCUT2D eigenvalue weighted by atomic mass is 10.1. The first kappa shape index (κ1) is 17.4. The maximum atomic E-state index is 12.1. The van der Waals surface area contributed by atoms with Crippen LogP contribution in [0.25, 0.3) is 10.2 Å². The van der Waals surface area contributed by atoms with E-state index in [-0.39, 0.29) is 17.8 Å². The third-order valence-corrected chi connectivity index (χ3v) is 4.54. The molecule has 0 aliphatic carbocycles. The standard InChI is InChI=1S/C17H22N2O3S/c1-5-12(16(21)22-4)19-13-8-6-7-9-14(13)23-17(19)18-15(20)10-11(2)3/h6-9,11-12H,5,10H2,1-4H3. The number of amides is 1. The fourth-order valence-corrected chi connectivity index (χ4v) is 3.55. The number of fused-ring (bicyclic) bond motifs is 1. The van der Waals surface area contributed by atoms with Crippen LogP contribution in [0.1, 0.15) is 39.7 Å². The first-order chi connectivity index (χ1) is 11.0. The third kappa shape index (κ3) is 3.88. The number of benzene rings is 1. The third-order valence-electron chi connectivity index (χ3n) is 3.51. The Morgan fingerprint density at radius 3 is 2.61 bits per heavy atom. The summed E-state index contributed by atoms with van der Waals surface area (Å²) in [6, 6.07) is 7.26. The van der Waals surface area contributed by atoms with E-state index in [1.807, 2.05) is 49.6 Å².